The van der Waals surface area contributed by atoms with Crippen molar-refractivity contribution in [1.29, 1.82) is 0 Å². The van der Waals surface area contributed by atoms with Gasteiger partial charge in [-0.2, -0.15) is 0 Å². The minimum Gasteiger partial charge on any atom is -0.328 e. The van der Waals surface area contributed by atoms with Crippen molar-refractivity contribution in [2.45, 2.75) is 39.2 Å². The van der Waals surface area contributed by atoms with Gasteiger partial charge in [0.15, 0.2) is 0 Å². The molecule has 0 saturated heterocycles. The van der Waals surface area contributed by atoms with Crippen LogP contribution >= 0.6 is 23.2 Å². The van der Waals surface area contributed by atoms with Crippen LogP contribution in [0.3, 0.4) is 0 Å². The Labute approximate surface area is 118 Å². The van der Waals surface area contributed by atoms with Gasteiger partial charge in [0.1, 0.15) is 5.82 Å². The van der Waals surface area contributed by atoms with Crippen molar-refractivity contribution in [3.8, 4) is 0 Å². The maximum absolute atomic E-state index is 6.01. The molecule has 0 aliphatic heterocycles. The Balaban J connectivity index is 2.35. The SMILES string of the molecule is CCCCCn1c(CCCl)nc2cc(Cl)ccc21. The molecule has 0 aliphatic carbocycles. The first kappa shape index (κ1) is 13.7. The fraction of sp³-hybridized carbons (Fsp3) is 0.500. The van der Waals surface area contributed by atoms with Gasteiger partial charge in [-0.1, -0.05) is 31.4 Å². The van der Waals surface area contributed by atoms with Crippen LogP contribution in [0.4, 0.5) is 0 Å². The van der Waals surface area contributed by atoms with Crippen molar-refractivity contribution >= 4 is 34.2 Å². The summed E-state index contributed by atoms with van der Waals surface area (Å²) >= 11 is 11.9. The van der Waals surface area contributed by atoms with Crippen molar-refractivity contribution < 1.29 is 0 Å². The predicted octanol–water partition coefficient (Wildman–Crippen LogP) is 4.66. The second-order valence-corrected chi connectivity index (χ2v) is 5.27. The van der Waals surface area contributed by atoms with Crippen LogP contribution in [0.1, 0.15) is 32.0 Å². The van der Waals surface area contributed by atoms with Gasteiger partial charge in [-0.05, 0) is 24.6 Å². The van der Waals surface area contributed by atoms with E-state index in [1.54, 1.807) is 0 Å². The molecule has 2 aromatic rings. The average molecular weight is 285 g/mol. The lowest BCUT2D eigenvalue weighted by Gasteiger charge is -2.07. The molecule has 0 saturated carbocycles. The Morgan fingerprint density at radius 1 is 1.28 bits per heavy atom. The first-order chi connectivity index (χ1) is 8.76. The normalized spacial score (nSPS) is 11.3. The van der Waals surface area contributed by atoms with E-state index in [2.05, 4.69) is 16.5 Å². The number of alkyl halides is 1. The van der Waals surface area contributed by atoms with Gasteiger partial charge in [-0.25, -0.2) is 4.98 Å². The molecule has 0 unspecified atom stereocenters. The topological polar surface area (TPSA) is 17.8 Å². The van der Waals surface area contributed by atoms with Crippen LogP contribution < -0.4 is 0 Å². The van der Waals surface area contributed by atoms with Crippen LogP contribution in [0.15, 0.2) is 18.2 Å². The number of fused-ring (bicyclic) bond motifs is 1. The third-order valence-electron chi connectivity index (χ3n) is 3.09. The summed E-state index contributed by atoms with van der Waals surface area (Å²) in [5, 5.41) is 0.734. The van der Waals surface area contributed by atoms with Crippen LogP contribution in [0, 0.1) is 0 Å². The lowest BCUT2D eigenvalue weighted by atomic mass is 10.2. The van der Waals surface area contributed by atoms with E-state index in [-0.39, 0.29) is 0 Å². The number of unbranched alkanes of at least 4 members (excludes halogenated alkanes) is 2. The van der Waals surface area contributed by atoms with Crippen LogP contribution in [-0.4, -0.2) is 15.4 Å². The van der Waals surface area contributed by atoms with Crippen molar-refractivity contribution in [3.63, 3.8) is 0 Å². The van der Waals surface area contributed by atoms with Gasteiger partial charge in [0.05, 0.1) is 11.0 Å². The van der Waals surface area contributed by atoms with Crippen molar-refractivity contribution in [2.24, 2.45) is 0 Å². The Kier molecular flexibility index (Phi) is 4.90. The molecule has 1 aromatic heterocycles. The third kappa shape index (κ3) is 2.99. The molecule has 0 radical (unpaired) electrons. The van der Waals surface area contributed by atoms with Crippen molar-refractivity contribution in [1.82, 2.24) is 9.55 Å². The van der Waals surface area contributed by atoms with Gasteiger partial charge >= 0.3 is 0 Å². The van der Waals surface area contributed by atoms with Gasteiger partial charge in [-0.15, -0.1) is 11.6 Å². The lowest BCUT2D eigenvalue weighted by Crippen LogP contribution is -2.04. The molecule has 2 nitrogen and oxygen atoms in total. The summed E-state index contributed by atoms with van der Waals surface area (Å²) in [5.41, 5.74) is 2.13. The second-order valence-electron chi connectivity index (χ2n) is 4.46. The number of benzene rings is 1. The number of aryl methyl sites for hydroxylation is 2. The molecule has 1 aromatic carbocycles. The molecule has 1 heterocycles. The molecule has 0 atom stereocenters. The van der Waals surface area contributed by atoms with Crippen molar-refractivity contribution in [2.75, 3.05) is 5.88 Å². The van der Waals surface area contributed by atoms with E-state index < -0.39 is 0 Å². The van der Waals surface area contributed by atoms with E-state index in [1.165, 1.54) is 19.3 Å². The predicted molar refractivity (Wildman–Crippen MR) is 78.7 cm³/mol. The molecule has 2 rings (SSSR count). The summed E-state index contributed by atoms with van der Waals surface area (Å²) in [7, 11) is 0. The Morgan fingerprint density at radius 2 is 2.11 bits per heavy atom. The summed E-state index contributed by atoms with van der Waals surface area (Å²) in [6, 6.07) is 5.89. The van der Waals surface area contributed by atoms with Crippen LogP contribution in [0.5, 0.6) is 0 Å². The minimum absolute atomic E-state index is 0.602. The number of rotatable bonds is 6. The van der Waals surface area contributed by atoms with E-state index >= 15 is 0 Å². The fourth-order valence-corrected chi connectivity index (χ4v) is 2.53. The molecule has 0 bridgehead atoms. The summed E-state index contributed by atoms with van der Waals surface area (Å²) < 4.78 is 2.28. The highest BCUT2D eigenvalue weighted by molar-refractivity contribution is 6.31. The molecule has 0 fully saturated rings. The molecule has 0 spiro atoms. The second kappa shape index (κ2) is 6.44. The average Bonchev–Trinajstić information content (AvgIpc) is 2.67. The zero-order valence-corrected chi connectivity index (χ0v) is 12.1. The van der Waals surface area contributed by atoms with E-state index in [9.17, 15) is 0 Å². The van der Waals surface area contributed by atoms with E-state index in [0.717, 1.165) is 34.8 Å². The Bertz CT molecular complexity index is 520. The summed E-state index contributed by atoms with van der Waals surface area (Å²) in [4.78, 5) is 4.64. The van der Waals surface area contributed by atoms with Crippen molar-refractivity contribution in [3.05, 3.63) is 29.0 Å². The third-order valence-corrected chi connectivity index (χ3v) is 3.52. The Hall–Kier alpha value is -0.730. The van der Waals surface area contributed by atoms with Crippen LogP contribution in [0.2, 0.25) is 5.02 Å². The molecule has 0 N–H and O–H groups in total. The summed E-state index contributed by atoms with van der Waals surface area (Å²) in [5.74, 6) is 1.67. The zero-order chi connectivity index (χ0) is 13.0. The number of imidazole rings is 1. The fourth-order valence-electron chi connectivity index (χ4n) is 2.20. The van der Waals surface area contributed by atoms with Gasteiger partial charge < -0.3 is 4.57 Å². The maximum Gasteiger partial charge on any atom is 0.111 e. The number of aromatic nitrogens is 2. The van der Waals surface area contributed by atoms with E-state index in [0.29, 0.717) is 5.88 Å². The van der Waals surface area contributed by atoms with Crippen LogP contribution in [0.25, 0.3) is 11.0 Å². The molecule has 4 heteroatoms. The number of nitrogens with zero attached hydrogens (tertiary/aromatic N) is 2. The number of hydrogen-bond donors (Lipinski definition) is 0. The monoisotopic (exact) mass is 284 g/mol. The molecule has 0 amide bonds. The maximum atomic E-state index is 6.01. The Morgan fingerprint density at radius 3 is 2.83 bits per heavy atom. The smallest absolute Gasteiger partial charge is 0.111 e. The number of halogens is 2. The number of hydrogen-bond acceptors (Lipinski definition) is 1. The van der Waals surface area contributed by atoms with Gasteiger partial charge in [-0.3, -0.25) is 0 Å². The largest absolute Gasteiger partial charge is 0.328 e. The van der Waals surface area contributed by atoms with Gasteiger partial charge in [0.2, 0.25) is 0 Å². The highest BCUT2D eigenvalue weighted by Gasteiger charge is 2.10. The summed E-state index contributed by atoms with van der Waals surface area (Å²) in [6.45, 7) is 3.23. The molecule has 0 aliphatic rings. The first-order valence-electron chi connectivity index (χ1n) is 6.47. The summed E-state index contributed by atoms with van der Waals surface area (Å²) in [6.07, 6.45) is 4.46. The molecular weight excluding hydrogens is 267 g/mol. The standard InChI is InChI=1S/C14H18Cl2N2/c1-2-3-4-9-18-13-6-5-11(16)10-12(13)17-14(18)7-8-15/h5-6,10H,2-4,7-9H2,1H3. The highest BCUT2D eigenvalue weighted by Crippen LogP contribution is 2.21. The molecular formula is C14H18Cl2N2. The van der Waals surface area contributed by atoms with Crippen LogP contribution in [-0.2, 0) is 13.0 Å². The van der Waals surface area contributed by atoms with E-state index in [1.807, 2.05) is 18.2 Å². The van der Waals surface area contributed by atoms with Gasteiger partial charge in [0, 0.05) is 23.9 Å². The molecule has 98 valence electrons. The van der Waals surface area contributed by atoms with E-state index in [4.69, 9.17) is 23.2 Å². The quantitative estimate of drug-likeness (QED) is 0.557. The zero-order valence-electron chi connectivity index (χ0n) is 10.6. The lowest BCUT2D eigenvalue weighted by molar-refractivity contribution is 0.594. The minimum atomic E-state index is 0.602. The molecule has 18 heavy (non-hydrogen) atoms. The highest BCUT2D eigenvalue weighted by atomic mass is 35.5. The van der Waals surface area contributed by atoms with Gasteiger partial charge in [0.25, 0.3) is 0 Å². The first-order valence-corrected chi connectivity index (χ1v) is 7.38.